The second-order valence-electron chi connectivity index (χ2n) is 4.75. The molecular formula is C17H12ClNO3S. The first-order valence-electron chi connectivity index (χ1n) is 6.77. The summed E-state index contributed by atoms with van der Waals surface area (Å²) in [5.74, 6) is -0.785. The molecule has 0 saturated heterocycles. The summed E-state index contributed by atoms with van der Waals surface area (Å²) in [5, 5.41) is 4.57. The van der Waals surface area contributed by atoms with Crippen molar-refractivity contribution in [1.82, 2.24) is 0 Å². The highest BCUT2D eigenvalue weighted by Gasteiger charge is 2.21. The summed E-state index contributed by atoms with van der Waals surface area (Å²) in [7, 11) is 1.32. The van der Waals surface area contributed by atoms with Gasteiger partial charge >= 0.3 is 5.97 Å². The number of carbonyl (C=O) groups is 2. The zero-order valence-corrected chi connectivity index (χ0v) is 13.7. The number of amides is 1. The number of esters is 1. The molecule has 0 fully saturated rings. The predicted molar refractivity (Wildman–Crippen MR) is 92.6 cm³/mol. The number of halogens is 1. The lowest BCUT2D eigenvalue weighted by Crippen LogP contribution is -2.13. The summed E-state index contributed by atoms with van der Waals surface area (Å²) in [6, 6.07) is 14.0. The molecule has 1 heterocycles. The molecule has 0 spiro atoms. The fourth-order valence-electron chi connectivity index (χ4n) is 2.21. The van der Waals surface area contributed by atoms with Crippen LogP contribution in [-0.2, 0) is 4.74 Å². The first-order valence-corrected chi connectivity index (χ1v) is 7.96. The molecule has 0 aliphatic heterocycles. The Balaban J connectivity index is 2.00. The summed E-state index contributed by atoms with van der Waals surface area (Å²) in [5.41, 5.74) is 0.832. The number of fused-ring (bicyclic) bond motifs is 1. The molecule has 116 valence electrons. The van der Waals surface area contributed by atoms with Crippen molar-refractivity contribution >= 4 is 49.9 Å². The molecule has 4 nitrogen and oxygen atoms in total. The number of nitrogens with one attached hydrogen (secondary N) is 1. The number of benzene rings is 2. The smallest absolute Gasteiger partial charge is 0.341 e. The lowest BCUT2D eigenvalue weighted by atomic mass is 10.1. The first kappa shape index (κ1) is 15.5. The van der Waals surface area contributed by atoms with Gasteiger partial charge in [0.15, 0.2) is 0 Å². The van der Waals surface area contributed by atoms with Crippen LogP contribution < -0.4 is 5.32 Å². The maximum atomic E-state index is 12.4. The summed E-state index contributed by atoms with van der Waals surface area (Å²) >= 11 is 7.16. The highest BCUT2D eigenvalue weighted by atomic mass is 35.5. The lowest BCUT2D eigenvalue weighted by Gasteiger charge is -2.06. The quantitative estimate of drug-likeness (QED) is 0.706. The van der Waals surface area contributed by atoms with Crippen LogP contribution in [-0.4, -0.2) is 19.0 Å². The van der Waals surface area contributed by atoms with E-state index in [1.54, 1.807) is 24.3 Å². The van der Waals surface area contributed by atoms with E-state index in [0.29, 0.717) is 21.2 Å². The van der Waals surface area contributed by atoms with Gasteiger partial charge in [0.25, 0.3) is 5.91 Å². The molecule has 1 aromatic heterocycles. The van der Waals surface area contributed by atoms with Crippen LogP contribution in [0.4, 0.5) is 5.00 Å². The zero-order chi connectivity index (χ0) is 16.4. The Morgan fingerprint density at radius 3 is 2.48 bits per heavy atom. The summed E-state index contributed by atoms with van der Waals surface area (Å²) in [4.78, 5) is 24.5. The van der Waals surface area contributed by atoms with Crippen molar-refractivity contribution < 1.29 is 14.3 Å². The molecule has 0 aliphatic carbocycles. The molecule has 1 amide bonds. The Kier molecular flexibility index (Phi) is 4.32. The van der Waals surface area contributed by atoms with Gasteiger partial charge < -0.3 is 10.1 Å². The highest BCUT2D eigenvalue weighted by molar-refractivity contribution is 7.23. The second kappa shape index (κ2) is 6.40. The van der Waals surface area contributed by atoms with Crippen LogP contribution in [0.25, 0.3) is 10.1 Å². The molecule has 0 bridgehead atoms. The third kappa shape index (κ3) is 3.06. The number of anilines is 1. The average molecular weight is 346 g/mol. The largest absolute Gasteiger partial charge is 0.465 e. The molecule has 0 aliphatic rings. The molecule has 2 aromatic carbocycles. The molecular weight excluding hydrogens is 334 g/mol. The van der Waals surface area contributed by atoms with E-state index in [0.717, 1.165) is 10.1 Å². The number of hydrogen-bond donors (Lipinski definition) is 1. The van der Waals surface area contributed by atoms with Gasteiger partial charge in [0.05, 0.1) is 7.11 Å². The van der Waals surface area contributed by atoms with E-state index in [4.69, 9.17) is 16.3 Å². The highest BCUT2D eigenvalue weighted by Crippen LogP contribution is 2.36. The van der Waals surface area contributed by atoms with Crippen LogP contribution in [0.2, 0.25) is 5.02 Å². The number of hydrogen-bond acceptors (Lipinski definition) is 4. The van der Waals surface area contributed by atoms with Crippen molar-refractivity contribution in [3.63, 3.8) is 0 Å². The molecule has 6 heteroatoms. The fourth-order valence-corrected chi connectivity index (χ4v) is 3.43. The van der Waals surface area contributed by atoms with E-state index >= 15 is 0 Å². The summed E-state index contributed by atoms with van der Waals surface area (Å²) in [6.07, 6.45) is 0. The predicted octanol–water partition coefficient (Wildman–Crippen LogP) is 4.59. The fraction of sp³-hybridized carbons (Fsp3) is 0.0588. The van der Waals surface area contributed by atoms with Gasteiger partial charge in [-0.15, -0.1) is 11.3 Å². The van der Waals surface area contributed by atoms with Crippen molar-refractivity contribution in [1.29, 1.82) is 0 Å². The maximum absolute atomic E-state index is 12.4. The Bertz CT molecular complexity index is 886. The normalized spacial score (nSPS) is 10.5. The number of thiophene rings is 1. The molecule has 3 aromatic rings. The molecule has 1 N–H and O–H groups in total. The molecule has 23 heavy (non-hydrogen) atoms. The third-order valence-corrected chi connectivity index (χ3v) is 4.66. The van der Waals surface area contributed by atoms with Gasteiger partial charge in [-0.05, 0) is 30.3 Å². The SMILES string of the molecule is COC(=O)c1c(NC(=O)c2ccc(Cl)cc2)sc2ccccc12. The second-order valence-corrected chi connectivity index (χ2v) is 6.24. The molecule has 3 rings (SSSR count). The van der Waals surface area contributed by atoms with Crippen molar-refractivity contribution in [3.8, 4) is 0 Å². The summed E-state index contributed by atoms with van der Waals surface area (Å²) in [6.45, 7) is 0. The van der Waals surface area contributed by atoms with E-state index in [1.165, 1.54) is 18.4 Å². The Morgan fingerprint density at radius 2 is 1.78 bits per heavy atom. The summed E-state index contributed by atoms with van der Waals surface area (Å²) < 4.78 is 5.75. The van der Waals surface area contributed by atoms with Gasteiger partial charge in [-0.25, -0.2) is 4.79 Å². The van der Waals surface area contributed by atoms with Crippen LogP contribution >= 0.6 is 22.9 Å². The van der Waals surface area contributed by atoms with Crippen LogP contribution in [0.15, 0.2) is 48.5 Å². The minimum absolute atomic E-state index is 0.307. The van der Waals surface area contributed by atoms with E-state index in [1.807, 2.05) is 24.3 Å². The zero-order valence-electron chi connectivity index (χ0n) is 12.1. The van der Waals surface area contributed by atoms with Crippen molar-refractivity contribution in [3.05, 3.63) is 64.7 Å². The number of carbonyl (C=O) groups excluding carboxylic acids is 2. The van der Waals surface area contributed by atoms with Gasteiger partial charge in [0.2, 0.25) is 0 Å². The standard InChI is InChI=1S/C17H12ClNO3S/c1-22-17(21)14-12-4-2-3-5-13(12)23-16(14)19-15(20)10-6-8-11(18)9-7-10/h2-9H,1H3,(H,19,20). The van der Waals surface area contributed by atoms with Gasteiger partial charge in [0, 0.05) is 20.7 Å². The maximum Gasteiger partial charge on any atom is 0.341 e. The van der Waals surface area contributed by atoms with Crippen molar-refractivity contribution in [2.75, 3.05) is 12.4 Å². The van der Waals surface area contributed by atoms with Gasteiger partial charge in [0.1, 0.15) is 10.6 Å². The lowest BCUT2D eigenvalue weighted by molar-refractivity contribution is 0.0604. The minimum Gasteiger partial charge on any atom is -0.465 e. The monoisotopic (exact) mass is 345 g/mol. The average Bonchev–Trinajstić information content (AvgIpc) is 2.92. The van der Waals surface area contributed by atoms with Crippen molar-refractivity contribution in [2.24, 2.45) is 0 Å². The van der Waals surface area contributed by atoms with Gasteiger partial charge in [-0.1, -0.05) is 29.8 Å². The Labute approximate surface area is 141 Å². The number of rotatable bonds is 3. The van der Waals surface area contributed by atoms with Gasteiger partial charge in [-0.2, -0.15) is 0 Å². The van der Waals surface area contributed by atoms with Crippen LogP contribution in [0.1, 0.15) is 20.7 Å². The first-order chi connectivity index (χ1) is 11.1. The molecule has 0 radical (unpaired) electrons. The van der Waals surface area contributed by atoms with Crippen molar-refractivity contribution in [2.45, 2.75) is 0 Å². The molecule has 0 unspecified atom stereocenters. The Hall–Kier alpha value is -2.37. The number of ether oxygens (including phenoxy) is 1. The number of methoxy groups -OCH3 is 1. The van der Waals surface area contributed by atoms with Crippen LogP contribution in [0.3, 0.4) is 0 Å². The van der Waals surface area contributed by atoms with E-state index < -0.39 is 5.97 Å². The van der Waals surface area contributed by atoms with E-state index in [9.17, 15) is 9.59 Å². The topological polar surface area (TPSA) is 55.4 Å². The third-order valence-electron chi connectivity index (χ3n) is 3.32. The van der Waals surface area contributed by atoms with E-state index in [-0.39, 0.29) is 5.91 Å². The van der Waals surface area contributed by atoms with Crippen LogP contribution in [0, 0.1) is 0 Å². The van der Waals surface area contributed by atoms with E-state index in [2.05, 4.69) is 5.32 Å². The van der Waals surface area contributed by atoms with Crippen LogP contribution in [0.5, 0.6) is 0 Å². The molecule has 0 saturated carbocycles. The minimum atomic E-state index is -0.478. The Morgan fingerprint density at radius 1 is 1.09 bits per heavy atom. The molecule has 0 atom stereocenters. The van der Waals surface area contributed by atoms with Gasteiger partial charge in [-0.3, -0.25) is 4.79 Å².